The zero-order valence-electron chi connectivity index (χ0n) is 10.9. The molecule has 1 heterocycles. The summed E-state index contributed by atoms with van der Waals surface area (Å²) in [7, 11) is -3.09. The lowest BCUT2D eigenvalue weighted by Crippen LogP contribution is -2.46. The largest absolute Gasteiger partial charge is 0.314 e. The molecular formula is C11H25N3O2S. The van der Waals surface area contributed by atoms with E-state index in [1.54, 1.807) is 0 Å². The number of hydrogen-bond acceptors (Lipinski definition) is 4. The summed E-state index contributed by atoms with van der Waals surface area (Å²) in [5.41, 5.74) is 0. The molecule has 17 heavy (non-hydrogen) atoms. The van der Waals surface area contributed by atoms with Crippen molar-refractivity contribution in [3.8, 4) is 0 Å². The van der Waals surface area contributed by atoms with Gasteiger partial charge in [0.1, 0.15) is 0 Å². The van der Waals surface area contributed by atoms with Crippen molar-refractivity contribution in [1.29, 1.82) is 0 Å². The van der Waals surface area contributed by atoms with E-state index in [1.165, 1.54) is 0 Å². The average Bonchev–Trinajstić information content (AvgIpc) is 2.27. The third-order valence-corrected chi connectivity index (χ3v) is 4.29. The number of piperazine rings is 1. The summed E-state index contributed by atoms with van der Waals surface area (Å²) in [5.74, 6) is 0.747. The van der Waals surface area contributed by atoms with E-state index in [1.807, 2.05) is 0 Å². The molecule has 0 spiro atoms. The van der Waals surface area contributed by atoms with Crippen LogP contribution in [0.3, 0.4) is 0 Å². The highest BCUT2D eigenvalue weighted by Crippen LogP contribution is 1.98. The quantitative estimate of drug-likeness (QED) is 0.671. The highest BCUT2D eigenvalue weighted by molar-refractivity contribution is 7.89. The molecule has 0 unspecified atom stereocenters. The summed E-state index contributed by atoms with van der Waals surface area (Å²) in [6, 6.07) is 0. The van der Waals surface area contributed by atoms with E-state index in [-0.39, 0.29) is 5.75 Å². The van der Waals surface area contributed by atoms with Gasteiger partial charge in [0.05, 0.1) is 5.75 Å². The van der Waals surface area contributed by atoms with Gasteiger partial charge in [-0.05, 0) is 12.3 Å². The minimum atomic E-state index is -3.09. The summed E-state index contributed by atoms with van der Waals surface area (Å²) < 4.78 is 26.1. The maximum absolute atomic E-state index is 11.7. The molecule has 0 aromatic rings. The molecule has 1 aliphatic heterocycles. The molecule has 0 amide bonds. The van der Waals surface area contributed by atoms with E-state index in [2.05, 4.69) is 28.8 Å². The van der Waals surface area contributed by atoms with E-state index in [0.29, 0.717) is 19.0 Å². The Hall–Kier alpha value is -0.170. The third kappa shape index (κ3) is 6.98. The molecule has 0 saturated carbocycles. The first kappa shape index (κ1) is 14.9. The molecule has 1 rings (SSSR count). The van der Waals surface area contributed by atoms with Crippen LogP contribution in [0.4, 0.5) is 0 Å². The van der Waals surface area contributed by atoms with Crippen molar-refractivity contribution in [2.75, 3.05) is 45.0 Å². The molecule has 0 bridgehead atoms. The van der Waals surface area contributed by atoms with Crippen molar-refractivity contribution in [2.45, 2.75) is 20.3 Å². The van der Waals surface area contributed by atoms with Crippen molar-refractivity contribution in [2.24, 2.45) is 5.92 Å². The van der Waals surface area contributed by atoms with Gasteiger partial charge < -0.3 is 5.32 Å². The Labute approximate surface area is 105 Å². The molecule has 0 aromatic heterocycles. The Morgan fingerprint density at radius 1 is 1.29 bits per heavy atom. The summed E-state index contributed by atoms with van der Waals surface area (Å²) >= 11 is 0. The average molecular weight is 263 g/mol. The van der Waals surface area contributed by atoms with Gasteiger partial charge in [0.2, 0.25) is 10.0 Å². The highest BCUT2D eigenvalue weighted by atomic mass is 32.2. The van der Waals surface area contributed by atoms with Crippen LogP contribution in [0, 0.1) is 5.92 Å². The first-order valence-electron chi connectivity index (χ1n) is 6.40. The second-order valence-corrected chi connectivity index (χ2v) is 6.91. The van der Waals surface area contributed by atoms with E-state index in [0.717, 1.165) is 32.6 Å². The van der Waals surface area contributed by atoms with Gasteiger partial charge in [-0.25, -0.2) is 13.1 Å². The molecule has 2 N–H and O–H groups in total. The normalized spacial score (nSPS) is 18.8. The van der Waals surface area contributed by atoms with Gasteiger partial charge in [0.25, 0.3) is 0 Å². The summed E-state index contributed by atoms with van der Waals surface area (Å²) in [5, 5.41) is 3.25. The lowest BCUT2D eigenvalue weighted by Gasteiger charge is -2.26. The molecule has 102 valence electrons. The fourth-order valence-corrected chi connectivity index (χ4v) is 2.83. The molecule has 1 saturated heterocycles. The molecule has 0 aliphatic carbocycles. The van der Waals surface area contributed by atoms with Crippen LogP contribution in [0.1, 0.15) is 20.3 Å². The van der Waals surface area contributed by atoms with Crippen LogP contribution < -0.4 is 10.0 Å². The predicted molar refractivity (Wildman–Crippen MR) is 70.6 cm³/mol. The van der Waals surface area contributed by atoms with Crippen molar-refractivity contribution < 1.29 is 8.42 Å². The fourth-order valence-electron chi connectivity index (χ4n) is 1.76. The fraction of sp³-hybridized carbons (Fsp3) is 1.00. The van der Waals surface area contributed by atoms with Gasteiger partial charge in [-0.15, -0.1) is 0 Å². The first-order valence-corrected chi connectivity index (χ1v) is 8.05. The monoisotopic (exact) mass is 263 g/mol. The minimum absolute atomic E-state index is 0.213. The lowest BCUT2D eigenvalue weighted by atomic mass is 10.1. The number of nitrogens with zero attached hydrogens (tertiary/aromatic N) is 1. The lowest BCUT2D eigenvalue weighted by molar-refractivity contribution is 0.253. The SMILES string of the molecule is CC(C)CCNS(=O)(=O)CCN1CCNCC1. The van der Waals surface area contributed by atoms with Crippen LogP contribution in [0.5, 0.6) is 0 Å². The van der Waals surface area contributed by atoms with Crippen LogP contribution in [-0.2, 0) is 10.0 Å². The van der Waals surface area contributed by atoms with Crippen LogP contribution >= 0.6 is 0 Å². The molecule has 0 radical (unpaired) electrons. The second kappa shape index (κ2) is 7.31. The molecule has 5 nitrogen and oxygen atoms in total. The Kier molecular flexibility index (Phi) is 6.40. The minimum Gasteiger partial charge on any atom is -0.314 e. The molecule has 0 atom stereocenters. The summed E-state index contributed by atoms with van der Waals surface area (Å²) in [4.78, 5) is 2.19. The topological polar surface area (TPSA) is 61.4 Å². The molecule has 1 aliphatic rings. The van der Waals surface area contributed by atoms with Gasteiger partial charge >= 0.3 is 0 Å². The van der Waals surface area contributed by atoms with Gasteiger partial charge in [0, 0.05) is 39.3 Å². The first-order chi connectivity index (χ1) is 7.99. The second-order valence-electron chi connectivity index (χ2n) is 4.99. The van der Waals surface area contributed by atoms with Crippen LogP contribution in [-0.4, -0.2) is 58.3 Å². The predicted octanol–water partition coefficient (Wildman–Crippen LogP) is -0.143. The van der Waals surface area contributed by atoms with E-state index in [4.69, 9.17) is 0 Å². The summed E-state index contributed by atoms with van der Waals surface area (Å²) in [6.45, 7) is 9.19. The van der Waals surface area contributed by atoms with Crippen molar-refractivity contribution in [3.63, 3.8) is 0 Å². The zero-order chi connectivity index (χ0) is 12.7. The van der Waals surface area contributed by atoms with Crippen molar-refractivity contribution >= 4 is 10.0 Å². The maximum Gasteiger partial charge on any atom is 0.212 e. The highest BCUT2D eigenvalue weighted by Gasteiger charge is 2.14. The van der Waals surface area contributed by atoms with Crippen LogP contribution in [0.15, 0.2) is 0 Å². The number of hydrogen-bond donors (Lipinski definition) is 2. The van der Waals surface area contributed by atoms with Crippen molar-refractivity contribution in [1.82, 2.24) is 14.9 Å². The number of nitrogens with one attached hydrogen (secondary N) is 2. The smallest absolute Gasteiger partial charge is 0.212 e. The van der Waals surface area contributed by atoms with Gasteiger partial charge in [-0.2, -0.15) is 0 Å². The Morgan fingerprint density at radius 3 is 2.53 bits per heavy atom. The zero-order valence-corrected chi connectivity index (χ0v) is 11.7. The maximum atomic E-state index is 11.7. The van der Waals surface area contributed by atoms with Crippen LogP contribution in [0.25, 0.3) is 0 Å². The number of rotatable bonds is 7. The van der Waals surface area contributed by atoms with E-state index in [9.17, 15) is 8.42 Å². The van der Waals surface area contributed by atoms with Crippen molar-refractivity contribution in [3.05, 3.63) is 0 Å². The standard InChI is InChI=1S/C11H25N3O2S/c1-11(2)3-4-13-17(15,16)10-9-14-7-5-12-6-8-14/h11-13H,3-10H2,1-2H3. The Morgan fingerprint density at radius 2 is 1.94 bits per heavy atom. The molecule has 0 aromatic carbocycles. The van der Waals surface area contributed by atoms with Crippen LogP contribution in [0.2, 0.25) is 0 Å². The summed E-state index contributed by atoms with van der Waals surface area (Å²) in [6.07, 6.45) is 0.896. The van der Waals surface area contributed by atoms with Gasteiger partial charge in [-0.3, -0.25) is 4.90 Å². The molecule has 6 heteroatoms. The Balaban J connectivity index is 2.19. The van der Waals surface area contributed by atoms with Gasteiger partial charge in [0.15, 0.2) is 0 Å². The molecule has 1 fully saturated rings. The van der Waals surface area contributed by atoms with E-state index >= 15 is 0 Å². The third-order valence-electron chi connectivity index (χ3n) is 2.93. The number of sulfonamides is 1. The van der Waals surface area contributed by atoms with Gasteiger partial charge in [-0.1, -0.05) is 13.8 Å². The van der Waals surface area contributed by atoms with E-state index < -0.39 is 10.0 Å². The Bertz CT molecular complexity index is 298. The molecular weight excluding hydrogens is 238 g/mol.